The van der Waals surface area contributed by atoms with Crippen LogP contribution in [0.4, 0.5) is 5.82 Å². The molecule has 0 amide bonds. The zero-order valence-electron chi connectivity index (χ0n) is 10.7. The molecule has 19 heavy (non-hydrogen) atoms. The number of pyridine rings is 1. The molecule has 0 spiro atoms. The molecule has 0 fully saturated rings. The molecule has 0 radical (unpaired) electrons. The minimum absolute atomic E-state index is 0.361. The molecule has 0 aliphatic heterocycles. The minimum atomic E-state index is 0.361. The van der Waals surface area contributed by atoms with Crippen molar-refractivity contribution in [3.05, 3.63) is 42.1 Å². The Morgan fingerprint density at radius 1 is 1.16 bits per heavy atom. The standard InChI is InChI=1S/C14H13N3O2/c1-8-7-11(9(2)18-8)13-12(14(15)17-19-13)10-3-5-16-6-4-10/h3-7H,1-2H3,(H2,15,17). The van der Waals surface area contributed by atoms with Gasteiger partial charge in [0, 0.05) is 12.4 Å². The molecule has 3 rings (SSSR count). The molecule has 3 aromatic heterocycles. The summed E-state index contributed by atoms with van der Waals surface area (Å²) in [5.41, 5.74) is 8.47. The van der Waals surface area contributed by atoms with E-state index < -0.39 is 0 Å². The summed E-state index contributed by atoms with van der Waals surface area (Å²) in [5.74, 6) is 2.59. The Labute approximate surface area is 110 Å². The first kappa shape index (κ1) is 11.5. The molecule has 5 heteroatoms. The van der Waals surface area contributed by atoms with Crippen molar-refractivity contribution in [2.24, 2.45) is 0 Å². The molecule has 0 aromatic carbocycles. The van der Waals surface area contributed by atoms with Crippen LogP contribution in [0.5, 0.6) is 0 Å². The highest BCUT2D eigenvalue weighted by atomic mass is 16.5. The van der Waals surface area contributed by atoms with E-state index in [1.165, 1.54) is 0 Å². The van der Waals surface area contributed by atoms with Gasteiger partial charge in [-0.15, -0.1) is 0 Å². The second-order valence-corrected chi connectivity index (χ2v) is 4.33. The number of hydrogen-bond donors (Lipinski definition) is 1. The van der Waals surface area contributed by atoms with Crippen molar-refractivity contribution >= 4 is 5.82 Å². The van der Waals surface area contributed by atoms with Crippen LogP contribution in [0.2, 0.25) is 0 Å². The number of furan rings is 1. The second kappa shape index (κ2) is 4.28. The number of rotatable bonds is 2. The van der Waals surface area contributed by atoms with Crippen LogP contribution in [0.3, 0.4) is 0 Å². The maximum Gasteiger partial charge on any atom is 0.180 e. The highest BCUT2D eigenvalue weighted by Crippen LogP contribution is 2.38. The van der Waals surface area contributed by atoms with Crippen molar-refractivity contribution in [1.29, 1.82) is 0 Å². The van der Waals surface area contributed by atoms with Crippen molar-refractivity contribution in [2.75, 3.05) is 5.73 Å². The van der Waals surface area contributed by atoms with Crippen LogP contribution in [-0.4, -0.2) is 10.1 Å². The number of hydrogen-bond acceptors (Lipinski definition) is 5. The monoisotopic (exact) mass is 255 g/mol. The van der Waals surface area contributed by atoms with Crippen LogP contribution in [0.15, 0.2) is 39.5 Å². The van der Waals surface area contributed by atoms with Crippen LogP contribution < -0.4 is 5.73 Å². The van der Waals surface area contributed by atoms with E-state index in [9.17, 15) is 0 Å². The molecular weight excluding hydrogens is 242 g/mol. The van der Waals surface area contributed by atoms with Gasteiger partial charge in [-0.25, -0.2) is 0 Å². The first-order valence-electron chi connectivity index (χ1n) is 5.89. The van der Waals surface area contributed by atoms with Gasteiger partial charge < -0.3 is 14.7 Å². The summed E-state index contributed by atoms with van der Waals surface area (Å²) in [6.07, 6.45) is 3.41. The van der Waals surface area contributed by atoms with Gasteiger partial charge in [-0.2, -0.15) is 0 Å². The number of nitrogens with zero attached hydrogens (tertiary/aromatic N) is 2. The zero-order chi connectivity index (χ0) is 13.4. The fraction of sp³-hybridized carbons (Fsp3) is 0.143. The first-order chi connectivity index (χ1) is 9.16. The van der Waals surface area contributed by atoms with Gasteiger partial charge in [-0.05, 0) is 37.6 Å². The fourth-order valence-corrected chi connectivity index (χ4v) is 2.14. The number of aromatic nitrogens is 2. The summed E-state index contributed by atoms with van der Waals surface area (Å²) in [4.78, 5) is 4.00. The quantitative estimate of drug-likeness (QED) is 0.760. The van der Waals surface area contributed by atoms with E-state index in [1.807, 2.05) is 32.0 Å². The molecule has 0 unspecified atom stereocenters. The molecule has 5 nitrogen and oxygen atoms in total. The average molecular weight is 255 g/mol. The lowest BCUT2D eigenvalue weighted by Crippen LogP contribution is -1.89. The van der Waals surface area contributed by atoms with Gasteiger partial charge in [-0.1, -0.05) is 5.16 Å². The maximum absolute atomic E-state index is 5.91. The van der Waals surface area contributed by atoms with Crippen LogP contribution in [-0.2, 0) is 0 Å². The number of aryl methyl sites for hydroxylation is 2. The summed E-state index contributed by atoms with van der Waals surface area (Å²) in [7, 11) is 0. The van der Waals surface area contributed by atoms with Crippen LogP contribution in [0.25, 0.3) is 22.5 Å². The number of nitrogens with two attached hydrogens (primary N) is 1. The van der Waals surface area contributed by atoms with Crippen LogP contribution in [0, 0.1) is 13.8 Å². The Morgan fingerprint density at radius 2 is 1.89 bits per heavy atom. The van der Waals surface area contributed by atoms with Crippen LogP contribution in [0.1, 0.15) is 11.5 Å². The highest BCUT2D eigenvalue weighted by molar-refractivity contribution is 5.86. The lowest BCUT2D eigenvalue weighted by Gasteiger charge is -2.00. The van der Waals surface area contributed by atoms with E-state index >= 15 is 0 Å². The topological polar surface area (TPSA) is 78.1 Å². The summed E-state index contributed by atoms with van der Waals surface area (Å²) in [6.45, 7) is 3.78. The van der Waals surface area contributed by atoms with Gasteiger partial charge in [-0.3, -0.25) is 4.98 Å². The normalized spacial score (nSPS) is 10.8. The summed E-state index contributed by atoms with van der Waals surface area (Å²) in [6, 6.07) is 5.66. The van der Waals surface area contributed by atoms with Crippen molar-refractivity contribution in [1.82, 2.24) is 10.1 Å². The first-order valence-corrected chi connectivity index (χ1v) is 5.89. The van der Waals surface area contributed by atoms with Crippen molar-refractivity contribution in [2.45, 2.75) is 13.8 Å². The Morgan fingerprint density at radius 3 is 2.53 bits per heavy atom. The van der Waals surface area contributed by atoms with Crippen LogP contribution >= 0.6 is 0 Å². The number of nitrogen functional groups attached to an aromatic ring is 1. The van der Waals surface area contributed by atoms with Crippen molar-refractivity contribution in [3.8, 4) is 22.5 Å². The molecule has 0 saturated heterocycles. The van der Waals surface area contributed by atoms with E-state index in [1.54, 1.807) is 12.4 Å². The van der Waals surface area contributed by atoms with Gasteiger partial charge in [0.05, 0.1) is 11.1 Å². The Bertz CT molecular complexity index is 714. The third kappa shape index (κ3) is 1.89. The summed E-state index contributed by atoms with van der Waals surface area (Å²) >= 11 is 0. The Hall–Kier alpha value is -2.56. The minimum Gasteiger partial charge on any atom is -0.466 e. The molecule has 2 N–H and O–H groups in total. The highest BCUT2D eigenvalue weighted by Gasteiger charge is 2.21. The molecule has 0 bridgehead atoms. The molecule has 0 saturated carbocycles. The third-order valence-corrected chi connectivity index (χ3v) is 2.97. The predicted molar refractivity (Wildman–Crippen MR) is 71.3 cm³/mol. The lowest BCUT2D eigenvalue weighted by atomic mass is 10.0. The van der Waals surface area contributed by atoms with Gasteiger partial charge >= 0.3 is 0 Å². The Balaban J connectivity index is 2.22. The molecule has 96 valence electrons. The lowest BCUT2D eigenvalue weighted by molar-refractivity contribution is 0.434. The van der Waals surface area contributed by atoms with E-state index in [4.69, 9.17) is 14.7 Å². The van der Waals surface area contributed by atoms with Gasteiger partial charge in [0.15, 0.2) is 11.6 Å². The van der Waals surface area contributed by atoms with E-state index in [-0.39, 0.29) is 0 Å². The summed E-state index contributed by atoms with van der Waals surface area (Å²) < 4.78 is 10.9. The number of anilines is 1. The molecule has 0 aliphatic carbocycles. The zero-order valence-corrected chi connectivity index (χ0v) is 10.7. The van der Waals surface area contributed by atoms with E-state index in [0.717, 1.165) is 28.2 Å². The smallest absolute Gasteiger partial charge is 0.180 e. The van der Waals surface area contributed by atoms with Gasteiger partial charge in [0.2, 0.25) is 0 Å². The SMILES string of the molecule is Cc1cc(-c2onc(N)c2-c2ccncc2)c(C)o1. The predicted octanol–water partition coefficient (Wildman–Crippen LogP) is 3.20. The van der Waals surface area contributed by atoms with Gasteiger partial charge in [0.1, 0.15) is 11.5 Å². The van der Waals surface area contributed by atoms with Crippen molar-refractivity contribution in [3.63, 3.8) is 0 Å². The molecular formula is C14H13N3O2. The third-order valence-electron chi connectivity index (χ3n) is 2.97. The largest absolute Gasteiger partial charge is 0.466 e. The maximum atomic E-state index is 5.91. The molecule has 0 aliphatic rings. The van der Waals surface area contributed by atoms with Crippen molar-refractivity contribution < 1.29 is 8.94 Å². The molecule has 3 heterocycles. The van der Waals surface area contributed by atoms with Gasteiger partial charge in [0.25, 0.3) is 0 Å². The molecule has 3 aromatic rings. The summed E-state index contributed by atoms with van der Waals surface area (Å²) in [5, 5.41) is 3.86. The van der Waals surface area contributed by atoms with E-state index in [0.29, 0.717) is 11.6 Å². The second-order valence-electron chi connectivity index (χ2n) is 4.33. The fourth-order valence-electron chi connectivity index (χ4n) is 2.14. The average Bonchev–Trinajstić information content (AvgIpc) is 2.93. The molecule has 0 atom stereocenters. The Kier molecular flexibility index (Phi) is 2.59. The van der Waals surface area contributed by atoms with E-state index in [2.05, 4.69) is 10.1 Å².